The molecule has 0 aliphatic carbocycles. The maximum absolute atomic E-state index is 11.5. The highest BCUT2D eigenvalue weighted by Crippen LogP contribution is 2.23. The third kappa shape index (κ3) is 6.49. The van der Waals surface area contributed by atoms with Gasteiger partial charge in [0.25, 0.3) is 0 Å². The number of hydrogen-bond acceptors (Lipinski definition) is 4. The van der Waals surface area contributed by atoms with E-state index in [1.807, 2.05) is 6.92 Å². The summed E-state index contributed by atoms with van der Waals surface area (Å²) in [7, 11) is -1.31. The third-order valence-electron chi connectivity index (χ3n) is 4.43. The lowest BCUT2D eigenvalue weighted by Crippen LogP contribution is -2.55. The minimum Gasteiger partial charge on any atom is -0.466 e. The van der Waals surface area contributed by atoms with Crippen molar-refractivity contribution in [3.05, 3.63) is 0 Å². The number of hydrogen-bond donors (Lipinski definition) is 1. The lowest BCUT2D eigenvalue weighted by molar-refractivity contribution is -0.143. The van der Waals surface area contributed by atoms with Crippen LogP contribution in [0.1, 0.15) is 46.0 Å². The summed E-state index contributed by atoms with van der Waals surface area (Å²) >= 11 is 0. The van der Waals surface area contributed by atoms with E-state index in [9.17, 15) is 4.79 Å². The molecule has 0 aromatic carbocycles. The Morgan fingerprint density at radius 2 is 2.05 bits per heavy atom. The van der Waals surface area contributed by atoms with Gasteiger partial charge >= 0.3 is 5.97 Å². The number of carbonyl (C=O) groups is 1. The van der Waals surface area contributed by atoms with Crippen LogP contribution in [-0.4, -0.2) is 51.0 Å². The first kappa shape index (κ1) is 18.7. The van der Waals surface area contributed by atoms with E-state index in [2.05, 4.69) is 30.2 Å². The second-order valence-corrected chi connectivity index (χ2v) is 11.8. The van der Waals surface area contributed by atoms with Gasteiger partial charge in [-0.1, -0.05) is 51.7 Å². The highest BCUT2D eigenvalue weighted by Gasteiger charge is 2.38. The molecule has 0 bridgehead atoms. The lowest BCUT2D eigenvalue weighted by Gasteiger charge is -2.36. The van der Waals surface area contributed by atoms with Gasteiger partial charge in [-0.3, -0.25) is 9.69 Å². The Hall–Kier alpha value is -0.393. The highest BCUT2D eigenvalue weighted by molar-refractivity contribution is 6.78. The second-order valence-electron chi connectivity index (χ2n) is 6.75. The van der Waals surface area contributed by atoms with Crippen LogP contribution in [0.25, 0.3) is 0 Å². The standard InChI is InChI=1S/C16H34N2O2Si/c1-5-7-8-9-14-21(3,4)16-17-11-13-18(16)12-10-15(19)20-6-2/h16-17H,5-14H2,1-4H3. The van der Waals surface area contributed by atoms with Gasteiger partial charge in [0.2, 0.25) is 0 Å². The van der Waals surface area contributed by atoms with Crippen molar-refractivity contribution in [1.82, 2.24) is 10.2 Å². The van der Waals surface area contributed by atoms with Crippen LogP contribution in [-0.2, 0) is 9.53 Å². The van der Waals surface area contributed by atoms with E-state index >= 15 is 0 Å². The Morgan fingerprint density at radius 1 is 1.29 bits per heavy atom. The Kier molecular flexibility index (Phi) is 8.52. The summed E-state index contributed by atoms with van der Waals surface area (Å²) in [6, 6.07) is 1.38. The zero-order valence-electron chi connectivity index (χ0n) is 14.4. The van der Waals surface area contributed by atoms with Crippen LogP contribution in [0.15, 0.2) is 0 Å². The normalized spacial score (nSPS) is 19.9. The fourth-order valence-electron chi connectivity index (χ4n) is 3.23. The Bertz CT molecular complexity index is 311. The Labute approximate surface area is 131 Å². The predicted octanol–water partition coefficient (Wildman–Crippen LogP) is 3.00. The maximum Gasteiger partial charge on any atom is 0.307 e. The molecule has 0 radical (unpaired) electrons. The first-order valence-electron chi connectivity index (χ1n) is 8.64. The molecule has 1 N–H and O–H groups in total. The quantitative estimate of drug-likeness (QED) is 0.382. The Balaban J connectivity index is 2.41. The molecule has 0 spiro atoms. The molecule has 1 atom stereocenters. The molecule has 4 nitrogen and oxygen atoms in total. The molecule has 1 fully saturated rings. The van der Waals surface area contributed by atoms with Gasteiger partial charge in [0.1, 0.15) is 0 Å². The molecule has 0 amide bonds. The molecule has 124 valence electrons. The van der Waals surface area contributed by atoms with Gasteiger partial charge in [0.15, 0.2) is 0 Å². The van der Waals surface area contributed by atoms with Gasteiger partial charge in [0, 0.05) is 25.4 Å². The molecule has 1 heterocycles. The van der Waals surface area contributed by atoms with Gasteiger partial charge < -0.3 is 10.1 Å². The molecule has 1 unspecified atom stereocenters. The van der Waals surface area contributed by atoms with E-state index in [0.717, 1.165) is 19.6 Å². The van der Waals surface area contributed by atoms with E-state index in [-0.39, 0.29) is 5.97 Å². The molecule has 1 aliphatic rings. The zero-order chi connectivity index (χ0) is 15.7. The number of esters is 1. The van der Waals surface area contributed by atoms with Crippen LogP contribution in [0.2, 0.25) is 19.1 Å². The number of nitrogens with zero attached hydrogens (tertiary/aromatic N) is 1. The van der Waals surface area contributed by atoms with Crippen molar-refractivity contribution in [1.29, 1.82) is 0 Å². The zero-order valence-corrected chi connectivity index (χ0v) is 15.4. The number of unbranched alkanes of at least 4 members (excludes halogenated alkanes) is 3. The van der Waals surface area contributed by atoms with Crippen molar-refractivity contribution in [2.45, 2.75) is 70.9 Å². The summed E-state index contributed by atoms with van der Waals surface area (Å²) in [6.07, 6.45) is 5.90. The predicted molar refractivity (Wildman–Crippen MR) is 91.0 cm³/mol. The summed E-state index contributed by atoms with van der Waals surface area (Å²) < 4.78 is 5.04. The third-order valence-corrected chi connectivity index (χ3v) is 8.12. The molecule has 1 saturated heterocycles. The average molecular weight is 315 g/mol. The highest BCUT2D eigenvalue weighted by atomic mass is 28.3. The molecule has 0 saturated carbocycles. The smallest absolute Gasteiger partial charge is 0.307 e. The molecule has 21 heavy (non-hydrogen) atoms. The minimum atomic E-state index is -1.31. The first-order valence-corrected chi connectivity index (χ1v) is 11.9. The van der Waals surface area contributed by atoms with E-state index in [4.69, 9.17) is 4.74 Å². The average Bonchev–Trinajstić information content (AvgIpc) is 2.91. The van der Waals surface area contributed by atoms with Gasteiger partial charge in [-0.15, -0.1) is 0 Å². The largest absolute Gasteiger partial charge is 0.466 e. The number of ether oxygens (including phenoxy) is 1. The van der Waals surface area contributed by atoms with Crippen LogP contribution in [0.3, 0.4) is 0 Å². The summed E-state index contributed by atoms with van der Waals surface area (Å²) in [5.74, 6) is 0.458. The van der Waals surface area contributed by atoms with Crippen molar-refractivity contribution in [3.8, 4) is 0 Å². The molecule has 1 rings (SSSR count). The molecule has 0 aromatic heterocycles. The van der Waals surface area contributed by atoms with Gasteiger partial charge in [0.05, 0.1) is 21.1 Å². The van der Waals surface area contributed by atoms with Gasteiger partial charge in [-0.05, 0) is 6.92 Å². The van der Waals surface area contributed by atoms with Crippen LogP contribution >= 0.6 is 0 Å². The van der Waals surface area contributed by atoms with Gasteiger partial charge in [-0.25, -0.2) is 0 Å². The van der Waals surface area contributed by atoms with Crippen molar-refractivity contribution in [2.24, 2.45) is 0 Å². The number of carbonyl (C=O) groups excluding carboxylic acids is 1. The molecule has 1 aliphatic heterocycles. The van der Waals surface area contributed by atoms with E-state index in [1.54, 1.807) is 0 Å². The van der Waals surface area contributed by atoms with Crippen LogP contribution < -0.4 is 5.32 Å². The summed E-state index contributed by atoms with van der Waals surface area (Å²) in [6.45, 7) is 12.5. The minimum absolute atomic E-state index is 0.0643. The van der Waals surface area contributed by atoms with Crippen molar-refractivity contribution in [2.75, 3.05) is 26.2 Å². The van der Waals surface area contributed by atoms with Crippen molar-refractivity contribution < 1.29 is 9.53 Å². The van der Waals surface area contributed by atoms with E-state index in [0.29, 0.717) is 18.8 Å². The fraction of sp³-hybridized carbons (Fsp3) is 0.938. The fourth-order valence-corrected chi connectivity index (χ4v) is 6.60. The van der Waals surface area contributed by atoms with Crippen molar-refractivity contribution in [3.63, 3.8) is 0 Å². The van der Waals surface area contributed by atoms with E-state index < -0.39 is 8.07 Å². The number of rotatable bonds is 10. The van der Waals surface area contributed by atoms with Crippen LogP contribution in [0, 0.1) is 0 Å². The van der Waals surface area contributed by atoms with Crippen LogP contribution in [0.5, 0.6) is 0 Å². The molecular weight excluding hydrogens is 280 g/mol. The number of nitrogens with one attached hydrogen (secondary N) is 1. The summed E-state index contributed by atoms with van der Waals surface area (Å²) in [5.41, 5.74) is 0. The van der Waals surface area contributed by atoms with E-state index in [1.165, 1.54) is 31.7 Å². The first-order chi connectivity index (χ1) is 10.0. The SMILES string of the molecule is CCCCCC[Si](C)(C)C1NCCN1CCC(=O)OCC. The Morgan fingerprint density at radius 3 is 2.71 bits per heavy atom. The molecule has 5 heteroatoms. The second kappa shape index (κ2) is 9.59. The van der Waals surface area contributed by atoms with Crippen LogP contribution in [0.4, 0.5) is 0 Å². The summed E-state index contributed by atoms with van der Waals surface area (Å²) in [4.78, 5) is 14.0. The maximum atomic E-state index is 11.5. The molecular formula is C16H34N2O2Si. The lowest BCUT2D eigenvalue weighted by atomic mass is 10.2. The van der Waals surface area contributed by atoms with Gasteiger partial charge in [-0.2, -0.15) is 0 Å². The summed E-state index contributed by atoms with van der Waals surface area (Å²) in [5, 5.41) is 3.68. The van der Waals surface area contributed by atoms with Crippen molar-refractivity contribution >= 4 is 14.0 Å². The monoisotopic (exact) mass is 314 g/mol. The molecule has 0 aromatic rings. The topological polar surface area (TPSA) is 41.6 Å².